The maximum atomic E-state index is 12.2. The molecule has 0 fully saturated rings. The number of rotatable bonds is 5. The van der Waals surface area contributed by atoms with Crippen LogP contribution in [0.3, 0.4) is 0 Å². The summed E-state index contributed by atoms with van der Waals surface area (Å²) in [6.45, 7) is 1.68. The Hall–Kier alpha value is -1.70. The van der Waals surface area contributed by atoms with Crippen LogP contribution in [0.25, 0.3) is 0 Å². The molecule has 1 heterocycles. The number of ether oxygens (including phenoxy) is 2. The molecule has 9 heteroatoms. The van der Waals surface area contributed by atoms with E-state index in [0.29, 0.717) is 6.07 Å². The molecule has 112 valence electrons. The van der Waals surface area contributed by atoms with Crippen LogP contribution in [0.1, 0.15) is 18.2 Å². The lowest BCUT2D eigenvalue weighted by atomic mass is 10.1. The second-order valence-electron chi connectivity index (χ2n) is 3.62. The van der Waals surface area contributed by atoms with Crippen molar-refractivity contribution in [3.05, 3.63) is 27.7 Å². The number of alkyl halides is 4. The minimum atomic E-state index is -4.96. The molecular formula is C11H11ClF3NO4. The van der Waals surface area contributed by atoms with Crippen LogP contribution in [0, 0.1) is 0 Å². The van der Waals surface area contributed by atoms with Crippen LogP contribution >= 0.6 is 11.6 Å². The minimum absolute atomic E-state index is 0.0646. The molecule has 5 nitrogen and oxygen atoms in total. The number of carbonyl (C=O) groups excluding carboxylic acids is 1. The molecule has 0 aliphatic rings. The van der Waals surface area contributed by atoms with Gasteiger partial charge in [-0.1, -0.05) is 0 Å². The lowest BCUT2D eigenvalue weighted by molar-refractivity contribution is -0.274. The number of nitrogens with one attached hydrogen (secondary N) is 1. The van der Waals surface area contributed by atoms with Gasteiger partial charge < -0.3 is 14.5 Å². The smallest absolute Gasteiger partial charge is 0.466 e. The predicted octanol–water partition coefficient (Wildman–Crippen LogP) is 2.12. The molecule has 0 amide bonds. The van der Waals surface area contributed by atoms with Crippen molar-refractivity contribution in [2.45, 2.75) is 25.6 Å². The van der Waals surface area contributed by atoms with Crippen LogP contribution in [0.15, 0.2) is 10.9 Å². The fourth-order valence-electron chi connectivity index (χ4n) is 1.48. The summed E-state index contributed by atoms with van der Waals surface area (Å²) in [6, 6.07) is 0.625. The van der Waals surface area contributed by atoms with E-state index in [0.717, 1.165) is 0 Å². The van der Waals surface area contributed by atoms with Crippen LogP contribution < -0.4 is 10.3 Å². The summed E-state index contributed by atoms with van der Waals surface area (Å²) >= 11 is 5.56. The van der Waals surface area contributed by atoms with Gasteiger partial charge in [-0.15, -0.1) is 24.8 Å². The quantitative estimate of drug-likeness (QED) is 0.668. The van der Waals surface area contributed by atoms with E-state index in [1.54, 1.807) is 6.92 Å². The van der Waals surface area contributed by atoms with Gasteiger partial charge >= 0.3 is 12.3 Å². The molecule has 0 saturated heterocycles. The topological polar surface area (TPSA) is 68.4 Å². The third kappa shape index (κ3) is 4.76. The summed E-state index contributed by atoms with van der Waals surface area (Å²) < 4.78 is 45.1. The molecule has 0 atom stereocenters. The van der Waals surface area contributed by atoms with Gasteiger partial charge in [0.15, 0.2) is 0 Å². The molecule has 0 aromatic carbocycles. The number of pyridine rings is 1. The second kappa shape index (κ2) is 6.65. The van der Waals surface area contributed by atoms with Gasteiger partial charge in [0, 0.05) is 17.3 Å². The zero-order valence-electron chi connectivity index (χ0n) is 10.3. The molecule has 0 unspecified atom stereocenters. The Morgan fingerprint density at radius 2 is 2.10 bits per heavy atom. The summed E-state index contributed by atoms with van der Waals surface area (Å²) in [5.41, 5.74) is -1.01. The highest BCUT2D eigenvalue weighted by Gasteiger charge is 2.33. The standard InChI is InChI=1S/C11H11ClF3NO4/c1-2-19-10(18)3-7-6(5-12)8(4-9(17)16-7)20-11(13,14)15/h4H,2-3,5H2,1H3,(H,16,17). The van der Waals surface area contributed by atoms with E-state index in [1.807, 2.05) is 0 Å². The average Bonchev–Trinajstić information content (AvgIpc) is 2.26. The lowest BCUT2D eigenvalue weighted by Crippen LogP contribution is -2.22. The molecule has 0 aliphatic heterocycles. The molecule has 1 aromatic rings. The zero-order valence-corrected chi connectivity index (χ0v) is 11.1. The van der Waals surface area contributed by atoms with Gasteiger partial charge in [0.1, 0.15) is 5.75 Å². The third-order valence-electron chi connectivity index (χ3n) is 2.18. The Morgan fingerprint density at radius 3 is 2.60 bits per heavy atom. The first-order chi connectivity index (χ1) is 9.26. The van der Waals surface area contributed by atoms with Crippen LogP contribution in [0.5, 0.6) is 5.75 Å². The Morgan fingerprint density at radius 1 is 1.45 bits per heavy atom. The van der Waals surface area contributed by atoms with Crippen LogP contribution in [0.2, 0.25) is 0 Å². The number of halogens is 4. The van der Waals surface area contributed by atoms with Gasteiger partial charge in [-0.05, 0) is 6.92 Å². The van der Waals surface area contributed by atoms with Gasteiger partial charge in [0.05, 0.1) is 18.9 Å². The highest BCUT2D eigenvalue weighted by molar-refractivity contribution is 6.17. The average molecular weight is 314 g/mol. The first kappa shape index (κ1) is 16.4. The van der Waals surface area contributed by atoms with Gasteiger partial charge in [-0.3, -0.25) is 9.59 Å². The number of esters is 1. The summed E-state index contributed by atoms with van der Waals surface area (Å²) in [4.78, 5) is 24.9. The van der Waals surface area contributed by atoms with Crippen molar-refractivity contribution in [2.24, 2.45) is 0 Å². The highest BCUT2D eigenvalue weighted by atomic mass is 35.5. The highest BCUT2D eigenvalue weighted by Crippen LogP contribution is 2.28. The summed E-state index contributed by atoms with van der Waals surface area (Å²) in [5.74, 6) is -1.79. The summed E-state index contributed by atoms with van der Waals surface area (Å²) in [7, 11) is 0. The first-order valence-corrected chi connectivity index (χ1v) is 6.02. The van der Waals surface area contributed by atoms with E-state index in [-0.39, 0.29) is 23.7 Å². The molecule has 1 N–H and O–H groups in total. The molecule has 0 bridgehead atoms. The van der Waals surface area contributed by atoms with Crippen molar-refractivity contribution in [2.75, 3.05) is 6.61 Å². The SMILES string of the molecule is CCOC(=O)Cc1[nH]c(=O)cc(OC(F)(F)F)c1CCl. The van der Waals surface area contributed by atoms with Gasteiger partial charge in [-0.2, -0.15) is 0 Å². The predicted molar refractivity (Wildman–Crippen MR) is 63.6 cm³/mol. The van der Waals surface area contributed by atoms with Crippen molar-refractivity contribution < 1.29 is 27.4 Å². The normalized spacial score (nSPS) is 11.2. The monoisotopic (exact) mass is 313 g/mol. The van der Waals surface area contributed by atoms with E-state index in [4.69, 9.17) is 11.6 Å². The van der Waals surface area contributed by atoms with E-state index in [1.165, 1.54) is 0 Å². The number of aromatic nitrogens is 1. The van der Waals surface area contributed by atoms with E-state index >= 15 is 0 Å². The molecule has 0 saturated carbocycles. The number of H-pyrrole nitrogens is 1. The molecule has 0 spiro atoms. The van der Waals surface area contributed by atoms with Crippen molar-refractivity contribution in [3.63, 3.8) is 0 Å². The molecular weight excluding hydrogens is 303 g/mol. The van der Waals surface area contributed by atoms with Crippen molar-refractivity contribution in [1.82, 2.24) is 4.98 Å². The maximum Gasteiger partial charge on any atom is 0.573 e. The fourth-order valence-corrected chi connectivity index (χ4v) is 1.78. The molecule has 1 rings (SSSR count). The Bertz CT molecular complexity index is 541. The number of carbonyl (C=O) groups is 1. The minimum Gasteiger partial charge on any atom is -0.466 e. The maximum absolute atomic E-state index is 12.2. The van der Waals surface area contributed by atoms with Gasteiger partial charge in [0.25, 0.3) is 5.56 Å². The molecule has 0 aliphatic carbocycles. The Balaban J connectivity index is 3.17. The second-order valence-corrected chi connectivity index (χ2v) is 3.89. The van der Waals surface area contributed by atoms with Crippen molar-refractivity contribution in [1.29, 1.82) is 0 Å². The lowest BCUT2D eigenvalue weighted by Gasteiger charge is -2.14. The number of hydrogen-bond acceptors (Lipinski definition) is 4. The molecule has 1 aromatic heterocycles. The fraction of sp³-hybridized carbons (Fsp3) is 0.455. The molecule has 20 heavy (non-hydrogen) atoms. The third-order valence-corrected chi connectivity index (χ3v) is 2.45. The zero-order chi connectivity index (χ0) is 15.3. The summed E-state index contributed by atoms with van der Waals surface area (Å²) in [5, 5.41) is 0. The first-order valence-electron chi connectivity index (χ1n) is 5.49. The van der Waals surface area contributed by atoms with Gasteiger partial charge in [-0.25, -0.2) is 0 Å². The van der Waals surface area contributed by atoms with Crippen LogP contribution in [-0.4, -0.2) is 23.9 Å². The molecule has 0 radical (unpaired) electrons. The van der Waals surface area contributed by atoms with Gasteiger partial charge in [0.2, 0.25) is 0 Å². The van der Waals surface area contributed by atoms with E-state index in [9.17, 15) is 22.8 Å². The van der Waals surface area contributed by atoms with E-state index < -0.39 is 30.1 Å². The number of hydrogen-bond donors (Lipinski definition) is 1. The van der Waals surface area contributed by atoms with Crippen molar-refractivity contribution in [3.8, 4) is 5.75 Å². The van der Waals surface area contributed by atoms with E-state index in [2.05, 4.69) is 14.5 Å². The largest absolute Gasteiger partial charge is 0.573 e. The van der Waals surface area contributed by atoms with Crippen molar-refractivity contribution >= 4 is 17.6 Å². The summed E-state index contributed by atoms with van der Waals surface area (Å²) in [6.07, 6.45) is -5.37. The Kier molecular flexibility index (Phi) is 5.43. The number of aromatic amines is 1. The van der Waals surface area contributed by atoms with Crippen LogP contribution in [0.4, 0.5) is 13.2 Å². The Labute approximate surface area is 116 Å². The van der Waals surface area contributed by atoms with Crippen LogP contribution in [-0.2, 0) is 21.8 Å².